The second-order valence-electron chi connectivity index (χ2n) is 6.17. The summed E-state index contributed by atoms with van der Waals surface area (Å²) in [6.45, 7) is 2.24. The molecule has 0 aliphatic rings. The highest BCUT2D eigenvalue weighted by molar-refractivity contribution is 7.92. The van der Waals surface area contributed by atoms with E-state index < -0.39 is 15.9 Å². The van der Waals surface area contributed by atoms with Gasteiger partial charge in [0.05, 0.1) is 25.6 Å². The molecule has 0 atom stereocenters. The maximum absolute atomic E-state index is 12.2. The second kappa shape index (κ2) is 9.98. The summed E-state index contributed by atoms with van der Waals surface area (Å²) in [4.78, 5) is 12.2. The van der Waals surface area contributed by atoms with Gasteiger partial charge in [-0.3, -0.25) is 9.10 Å². The van der Waals surface area contributed by atoms with Crippen LogP contribution in [0.4, 0.5) is 5.69 Å². The molecule has 0 saturated carbocycles. The number of hydrogen-bond acceptors (Lipinski definition) is 5. The molecule has 0 aliphatic heterocycles. The van der Waals surface area contributed by atoms with Gasteiger partial charge in [0.2, 0.25) is 15.9 Å². The zero-order valence-electron chi connectivity index (χ0n) is 16.3. The SMILES string of the molecule is CCc1ccc(N(CC(=O)NCCOc2cccc(OC)c2)S(C)(=O)=O)cc1. The molecule has 0 fully saturated rings. The zero-order chi connectivity index (χ0) is 20.6. The van der Waals surface area contributed by atoms with Crippen LogP contribution in [-0.4, -0.2) is 47.4 Å². The Morgan fingerprint density at radius 2 is 1.79 bits per heavy atom. The van der Waals surface area contributed by atoms with Crippen LogP contribution in [0, 0.1) is 0 Å². The first-order valence-electron chi connectivity index (χ1n) is 8.93. The van der Waals surface area contributed by atoms with E-state index in [0.717, 1.165) is 22.5 Å². The number of rotatable bonds is 10. The molecule has 2 aromatic rings. The molecule has 0 saturated heterocycles. The Hall–Kier alpha value is -2.74. The van der Waals surface area contributed by atoms with Crippen LogP contribution in [0.15, 0.2) is 48.5 Å². The minimum absolute atomic E-state index is 0.252. The minimum atomic E-state index is -3.59. The van der Waals surface area contributed by atoms with Gasteiger partial charge in [0, 0.05) is 6.07 Å². The van der Waals surface area contributed by atoms with Crippen LogP contribution < -0.4 is 19.1 Å². The maximum atomic E-state index is 12.2. The number of hydrogen-bond donors (Lipinski definition) is 1. The lowest BCUT2D eigenvalue weighted by Crippen LogP contribution is -2.41. The predicted molar refractivity (Wildman–Crippen MR) is 110 cm³/mol. The van der Waals surface area contributed by atoms with E-state index in [1.165, 1.54) is 0 Å². The van der Waals surface area contributed by atoms with Gasteiger partial charge in [0.1, 0.15) is 24.7 Å². The Morgan fingerprint density at radius 3 is 2.39 bits per heavy atom. The van der Waals surface area contributed by atoms with Crippen LogP contribution in [0.2, 0.25) is 0 Å². The number of methoxy groups -OCH3 is 1. The van der Waals surface area contributed by atoms with Crippen molar-refractivity contribution in [1.29, 1.82) is 0 Å². The lowest BCUT2D eigenvalue weighted by Gasteiger charge is -2.22. The molecule has 2 rings (SSSR count). The number of nitrogens with zero attached hydrogens (tertiary/aromatic N) is 1. The molecule has 0 spiro atoms. The molecule has 2 aromatic carbocycles. The van der Waals surface area contributed by atoms with Gasteiger partial charge in [0.25, 0.3) is 0 Å². The van der Waals surface area contributed by atoms with Crippen molar-refractivity contribution in [1.82, 2.24) is 5.32 Å². The number of carbonyl (C=O) groups excluding carboxylic acids is 1. The number of aryl methyl sites for hydroxylation is 1. The summed E-state index contributed by atoms with van der Waals surface area (Å²) in [5.74, 6) is 0.904. The molecule has 0 unspecified atom stereocenters. The molecule has 152 valence electrons. The lowest BCUT2D eigenvalue weighted by atomic mass is 10.1. The van der Waals surface area contributed by atoms with Crippen molar-refractivity contribution in [2.24, 2.45) is 0 Å². The van der Waals surface area contributed by atoms with E-state index in [1.54, 1.807) is 43.5 Å². The van der Waals surface area contributed by atoms with Crippen molar-refractivity contribution in [3.8, 4) is 11.5 Å². The van der Waals surface area contributed by atoms with Gasteiger partial charge < -0.3 is 14.8 Å². The van der Waals surface area contributed by atoms with Gasteiger partial charge in [-0.2, -0.15) is 0 Å². The summed E-state index contributed by atoms with van der Waals surface area (Å²) in [6, 6.07) is 14.3. The Morgan fingerprint density at radius 1 is 1.11 bits per heavy atom. The molecule has 8 heteroatoms. The number of benzene rings is 2. The van der Waals surface area contributed by atoms with Gasteiger partial charge >= 0.3 is 0 Å². The molecular weight excluding hydrogens is 380 g/mol. The average Bonchev–Trinajstić information content (AvgIpc) is 2.69. The number of nitrogens with one attached hydrogen (secondary N) is 1. The quantitative estimate of drug-likeness (QED) is 0.612. The first kappa shape index (κ1) is 21.6. The second-order valence-corrected chi connectivity index (χ2v) is 8.07. The molecule has 0 aliphatic carbocycles. The topological polar surface area (TPSA) is 84.9 Å². The fourth-order valence-electron chi connectivity index (χ4n) is 2.53. The Balaban J connectivity index is 1.89. The maximum Gasteiger partial charge on any atom is 0.240 e. The van der Waals surface area contributed by atoms with Gasteiger partial charge in [0.15, 0.2) is 0 Å². The summed E-state index contributed by atoms with van der Waals surface area (Å²) in [6.07, 6.45) is 1.94. The fourth-order valence-corrected chi connectivity index (χ4v) is 3.39. The first-order valence-corrected chi connectivity index (χ1v) is 10.8. The summed E-state index contributed by atoms with van der Waals surface area (Å²) in [7, 11) is -2.01. The first-order chi connectivity index (χ1) is 13.3. The van der Waals surface area contributed by atoms with Crippen LogP contribution in [0.1, 0.15) is 12.5 Å². The summed E-state index contributed by atoms with van der Waals surface area (Å²) >= 11 is 0. The van der Waals surface area contributed by atoms with E-state index in [0.29, 0.717) is 17.2 Å². The summed E-state index contributed by atoms with van der Waals surface area (Å²) < 4.78 is 36.0. The standard InChI is InChI=1S/C20H26N2O5S/c1-4-16-8-10-17(11-9-16)22(28(3,24)25)15-20(23)21-12-13-27-19-7-5-6-18(14-19)26-2/h5-11,14H,4,12-13,15H2,1-3H3,(H,21,23). The lowest BCUT2D eigenvalue weighted by molar-refractivity contribution is -0.119. The van der Waals surface area contributed by atoms with Crippen LogP contribution >= 0.6 is 0 Å². The van der Waals surface area contributed by atoms with E-state index in [9.17, 15) is 13.2 Å². The fraction of sp³-hybridized carbons (Fsp3) is 0.350. The molecule has 0 radical (unpaired) electrons. The van der Waals surface area contributed by atoms with E-state index in [2.05, 4.69) is 5.32 Å². The van der Waals surface area contributed by atoms with E-state index in [-0.39, 0.29) is 19.7 Å². The molecule has 1 N–H and O–H groups in total. The van der Waals surface area contributed by atoms with Crippen molar-refractivity contribution in [2.75, 3.05) is 37.4 Å². The predicted octanol–water partition coefficient (Wildman–Crippen LogP) is 2.22. The van der Waals surface area contributed by atoms with Crippen molar-refractivity contribution >= 4 is 21.6 Å². The van der Waals surface area contributed by atoms with Crippen molar-refractivity contribution < 1.29 is 22.7 Å². The smallest absolute Gasteiger partial charge is 0.240 e. The van der Waals surface area contributed by atoms with Gasteiger partial charge in [-0.05, 0) is 36.2 Å². The third-order valence-corrected chi connectivity index (χ3v) is 5.19. The number of carbonyl (C=O) groups is 1. The van der Waals surface area contributed by atoms with Crippen LogP contribution in [-0.2, 0) is 21.2 Å². The van der Waals surface area contributed by atoms with Crippen molar-refractivity contribution in [3.05, 3.63) is 54.1 Å². The molecule has 0 heterocycles. The molecule has 7 nitrogen and oxygen atoms in total. The normalized spacial score (nSPS) is 11.0. The largest absolute Gasteiger partial charge is 0.497 e. The third-order valence-electron chi connectivity index (χ3n) is 4.05. The summed E-state index contributed by atoms with van der Waals surface area (Å²) in [5.41, 5.74) is 1.55. The Labute approximate surface area is 166 Å². The van der Waals surface area contributed by atoms with Gasteiger partial charge in [-0.25, -0.2) is 8.42 Å². The molecule has 0 aromatic heterocycles. The summed E-state index contributed by atoms with van der Waals surface area (Å²) in [5, 5.41) is 2.68. The van der Waals surface area contributed by atoms with Crippen LogP contribution in [0.25, 0.3) is 0 Å². The van der Waals surface area contributed by atoms with E-state index in [1.807, 2.05) is 19.1 Å². The van der Waals surface area contributed by atoms with Gasteiger partial charge in [-0.1, -0.05) is 25.1 Å². The minimum Gasteiger partial charge on any atom is -0.497 e. The highest BCUT2D eigenvalue weighted by atomic mass is 32.2. The highest BCUT2D eigenvalue weighted by Gasteiger charge is 2.20. The Bertz CT molecular complexity index is 882. The zero-order valence-corrected chi connectivity index (χ0v) is 17.2. The number of ether oxygens (including phenoxy) is 2. The number of anilines is 1. The van der Waals surface area contributed by atoms with Crippen molar-refractivity contribution in [2.45, 2.75) is 13.3 Å². The molecule has 1 amide bonds. The highest BCUT2D eigenvalue weighted by Crippen LogP contribution is 2.19. The Kier molecular flexibility index (Phi) is 7.69. The molecule has 28 heavy (non-hydrogen) atoms. The molecule has 0 bridgehead atoms. The third kappa shape index (κ3) is 6.45. The van der Waals surface area contributed by atoms with Crippen LogP contribution in [0.3, 0.4) is 0 Å². The van der Waals surface area contributed by atoms with Crippen molar-refractivity contribution in [3.63, 3.8) is 0 Å². The average molecular weight is 407 g/mol. The monoisotopic (exact) mass is 406 g/mol. The number of amides is 1. The van der Waals surface area contributed by atoms with E-state index in [4.69, 9.17) is 9.47 Å². The van der Waals surface area contributed by atoms with Gasteiger partial charge in [-0.15, -0.1) is 0 Å². The molecular formula is C20H26N2O5S. The van der Waals surface area contributed by atoms with E-state index >= 15 is 0 Å². The number of sulfonamides is 1. The van der Waals surface area contributed by atoms with Crippen LogP contribution in [0.5, 0.6) is 11.5 Å².